The summed E-state index contributed by atoms with van der Waals surface area (Å²) in [7, 11) is 4.22. The minimum atomic E-state index is -0.115. The highest BCUT2D eigenvalue weighted by Gasteiger charge is 2.33. The average molecular weight is 436 g/mol. The molecule has 1 heterocycles. The van der Waals surface area contributed by atoms with E-state index in [2.05, 4.69) is 116 Å². The third-order valence-electron chi connectivity index (χ3n) is 6.81. The molecule has 0 saturated heterocycles. The van der Waals surface area contributed by atoms with Crippen LogP contribution in [0.4, 0.5) is 11.4 Å². The molecule has 0 fully saturated rings. The molecule has 0 radical (unpaired) electrons. The van der Waals surface area contributed by atoms with Gasteiger partial charge in [0.2, 0.25) is 0 Å². The van der Waals surface area contributed by atoms with E-state index in [0.717, 1.165) is 30.2 Å². The Hall–Kier alpha value is -3.56. The summed E-state index contributed by atoms with van der Waals surface area (Å²) in [5.41, 5.74) is 5.05. The van der Waals surface area contributed by atoms with Gasteiger partial charge in [-0.05, 0) is 59.5 Å². The van der Waals surface area contributed by atoms with Gasteiger partial charge in [-0.25, -0.2) is 0 Å². The summed E-state index contributed by atoms with van der Waals surface area (Å²) < 4.78 is 6.22. The molecule has 0 aromatic heterocycles. The van der Waals surface area contributed by atoms with Gasteiger partial charge < -0.3 is 15.0 Å². The van der Waals surface area contributed by atoms with Crippen LogP contribution in [-0.4, -0.2) is 14.1 Å². The quantitative estimate of drug-likeness (QED) is 0.381. The van der Waals surface area contributed by atoms with Gasteiger partial charge in [-0.3, -0.25) is 0 Å². The third kappa shape index (κ3) is 4.01. The van der Waals surface area contributed by atoms with Crippen LogP contribution in [0.2, 0.25) is 0 Å². The van der Waals surface area contributed by atoms with Gasteiger partial charge in [-0.2, -0.15) is 0 Å². The van der Waals surface area contributed by atoms with E-state index in [1.165, 1.54) is 27.6 Å². The van der Waals surface area contributed by atoms with Crippen LogP contribution in [0.25, 0.3) is 10.8 Å². The summed E-state index contributed by atoms with van der Waals surface area (Å²) in [6, 6.07) is 32.3. The van der Waals surface area contributed by atoms with Crippen molar-refractivity contribution < 1.29 is 10.1 Å². The molecule has 0 saturated carbocycles. The second-order valence-electron chi connectivity index (χ2n) is 9.14. The first kappa shape index (κ1) is 21.3. The zero-order valence-corrected chi connectivity index (χ0v) is 19.6. The van der Waals surface area contributed by atoms with Crippen molar-refractivity contribution >= 4 is 22.1 Å². The predicted octanol–water partition coefficient (Wildman–Crippen LogP) is 5.93. The zero-order valence-electron chi connectivity index (χ0n) is 19.6. The lowest BCUT2D eigenvalue weighted by Crippen LogP contribution is -2.73. The molecule has 1 atom stereocenters. The first-order chi connectivity index (χ1) is 16.1. The number of hydrogen-bond donors (Lipinski definition) is 1. The summed E-state index contributed by atoms with van der Waals surface area (Å²) in [5, 5.41) is 4.85. The molecule has 4 aromatic rings. The Bertz CT molecular complexity index is 1310. The largest absolute Gasteiger partial charge is 0.439 e. The fraction of sp³-hybridized carbons (Fsp3) is 0.200. The van der Waals surface area contributed by atoms with Crippen LogP contribution in [0, 0.1) is 0 Å². The highest BCUT2D eigenvalue weighted by molar-refractivity contribution is 5.90. The Labute approximate surface area is 196 Å². The molecule has 1 unspecified atom stereocenters. The van der Waals surface area contributed by atoms with Crippen LogP contribution in [0.5, 0.6) is 5.75 Å². The van der Waals surface area contributed by atoms with E-state index in [0.29, 0.717) is 0 Å². The molecule has 5 rings (SSSR count). The average Bonchev–Trinajstić information content (AvgIpc) is 3.18. The van der Waals surface area contributed by atoms with Gasteiger partial charge in [0.1, 0.15) is 5.69 Å². The lowest BCUT2D eigenvalue weighted by Gasteiger charge is -2.32. The number of nitrogens with two attached hydrogens (primary N) is 1. The standard InChI is InChI=1S/C30H30N2O/c1-30(21-22-11-5-4-6-12-22,20-19-28-32(3)26-15-9-10-16-27(26)33-28)29-24-14-8-7-13-23(24)17-18-25(29)31-2/h4-19,31H,20-21H2,1-3H3/p+1/b28-19-. The molecule has 3 nitrogen and oxygen atoms in total. The van der Waals surface area contributed by atoms with Crippen molar-refractivity contribution in [3.8, 4) is 5.75 Å². The minimum Gasteiger partial charge on any atom is -0.439 e. The van der Waals surface area contributed by atoms with E-state index < -0.39 is 0 Å². The van der Waals surface area contributed by atoms with Crippen LogP contribution in [-0.2, 0) is 11.8 Å². The van der Waals surface area contributed by atoms with E-state index in [1.807, 2.05) is 12.1 Å². The molecule has 0 amide bonds. The number of para-hydroxylation sites is 2. The van der Waals surface area contributed by atoms with E-state index >= 15 is 0 Å². The Morgan fingerprint density at radius 3 is 2.39 bits per heavy atom. The van der Waals surface area contributed by atoms with Crippen molar-refractivity contribution in [1.29, 1.82) is 0 Å². The number of fused-ring (bicyclic) bond motifs is 2. The fourth-order valence-electron chi connectivity index (χ4n) is 5.12. The highest BCUT2D eigenvalue weighted by atomic mass is 16.5. The highest BCUT2D eigenvalue weighted by Crippen LogP contribution is 2.42. The van der Waals surface area contributed by atoms with Crippen molar-refractivity contribution in [1.82, 2.24) is 0 Å². The van der Waals surface area contributed by atoms with Gasteiger partial charge in [-0.15, -0.1) is 0 Å². The SMILES string of the molecule is C[NH2+]c1ccc2ccccc2c1C(C)(C/C=C1\Oc2ccccc2N1C)Cc1ccccc1. The number of nitrogens with zero attached hydrogens (tertiary/aromatic N) is 1. The van der Waals surface area contributed by atoms with Gasteiger partial charge in [0, 0.05) is 18.0 Å². The third-order valence-corrected chi connectivity index (χ3v) is 6.81. The van der Waals surface area contributed by atoms with Gasteiger partial charge >= 0.3 is 0 Å². The number of anilines is 1. The van der Waals surface area contributed by atoms with E-state index in [-0.39, 0.29) is 5.41 Å². The lowest BCUT2D eigenvalue weighted by molar-refractivity contribution is -0.540. The van der Waals surface area contributed by atoms with Gasteiger partial charge in [0.25, 0.3) is 0 Å². The van der Waals surface area contributed by atoms with Gasteiger partial charge in [-0.1, -0.05) is 73.7 Å². The summed E-state index contributed by atoms with van der Waals surface area (Å²) in [4.78, 5) is 2.15. The van der Waals surface area contributed by atoms with Crippen LogP contribution in [0.1, 0.15) is 24.5 Å². The van der Waals surface area contributed by atoms with Crippen LogP contribution in [0.15, 0.2) is 103 Å². The maximum Gasteiger partial charge on any atom is 0.196 e. The Balaban J connectivity index is 1.61. The molecule has 0 bridgehead atoms. The van der Waals surface area contributed by atoms with Crippen molar-refractivity contribution in [2.45, 2.75) is 25.2 Å². The van der Waals surface area contributed by atoms with Crippen LogP contribution >= 0.6 is 0 Å². The molecule has 4 aromatic carbocycles. The molecule has 1 aliphatic rings. The van der Waals surface area contributed by atoms with Crippen LogP contribution < -0.4 is 15.0 Å². The second kappa shape index (κ2) is 8.76. The van der Waals surface area contributed by atoms with Crippen molar-refractivity contribution in [2.24, 2.45) is 0 Å². The summed E-state index contributed by atoms with van der Waals surface area (Å²) in [6.45, 7) is 2.40. The van der Waals surface area contributed by atoms with Crippen LogP contribution in [0.3, 0.4) is 0 Å². The van der Waals surface area contributed by atoms with Crippen molar-refractivity contribution in [2.75, 3.05) is 19.0 Å². The summed E-state index contributed by atoms with van der Waals surface area (Å²) in [5.74, 6) is 1.82. The molecule has 3 heteroatoms. The number of ether oxygens (including phenoxy) is 1. The monoisotopic (exact) mass is 435 g/mol. The predicted molar refractivity (Wildman–Crippen MR) is 137 cm³/mol. The topological polar surface area (TPSA) is 29.1 Å². The molecule has 0 aliphatic carbocycles. The molecular weight excluding hydrogens is 404 g/mol. The summed E-state index contributed by atoms with van der Waals surface area (Å²) >= 11 is 0. The first-order valence-electron chi connectivity index (χ1n) is 11.7. The molecule has 2 N–H and O–H groups in total. The summed E-state index contributed by atoms with van der Waals surface area (Å²) in [6.07, 6.45) is 4.08. The second-order valence-corrected chi connectivity index (χ2v) is 9.14. The van der Waals surface area contributed by atoms with E-state index in [9.17, 15) is 0 Å². The number of benzene rings is 4. The molecule has 1 aliphatic heterocycles. The Morgan fingerprint density at radius 2 is 1.61 bits per heavy atom. The molecular formula is C30H31N2O+. The van der Waals surface area contributed by atoms with E-state index in [4.69, 9.17) is 4.74 Å². The maximum absolute atomic E-state index is 6.22. The lowest BCUT2D eigenvalue weighted by atomic mass is 9.72. The number of rotatable bonds is 6. The minimum absolute atomic E-state index is 0.115. The fourth-order valence-corrected chi connectivity index (χ4v) is 5.12. The van der Waals surface area contributed by atoms with Gasteiger partial charge in [0.15, 0.2) is 11.6 Å². The van der Waals surface area contributed by atoms with Gasteiger partial charge in [0.05, 0.1) is 12.7 Å². The zero-order chi connectivity index (χ0) is 22.8. The number of allylic oxidation sites excluding steroid dienone is 1. The smallest absolute Gasteiger partial charge is 0.196 e. The maximum atomic E-state index is 6.22. The molecule has 33 heavy (non-hydrogen) atoms. The molecule has 166 valence electrons. The van der Waals surface area contributed by atoms with Crippen molar-refractivity contribution in [3.05, 3.63) is 114 Å². The number of quaternary nitrogens is 1. The Morgan fingerprint density at radius 1 is 0.879 bits per heavy atom. The molecule has 0 spiro atoms. The first-order valence-corrected chi connectivity index (χ1v) is 11.7. The van der Waals surface area contributed by atoms with E-state index in [1.54, 1.807) is 0 Å². The van der Waals surface area contributed by atoms with Crippen molar-refractivity contribution in [3.63, 3.8) is 0 Å². The number of hydrogen-bond acceptors (Lipinski definition) is 2. The normalized spacial score (nSPS) is 16.0. The Kier molecular flexibility index (Phi) is 5.65.